The maximum atomic E-state index is 5.58. The van der Waals surface area contributed by atoms with Crippen molar-refractivity contribution in [1.82, 2.24) is 25.1 Å². The number of H-pyrrole nitrogens is 1. The summed E-state index contributed by atoms with van der Waals surface area (Å²) < 4.78 is 5.58. The third kappa shape index (κ3) is 2.81. The van der Waals surface area contributed by atoms with E-state index in [-0.39, 0.29) is 12.1 Å². The van der Waals surface area contributed by atoms with Crippen LogP contribution in [-0.2, 0) is 4.74 Å². The molecular formula is C16H22N6O. The summed E-state index contributed by atoms with van der Waals surface area (Å²) in [5.74, 6) is 3.14. The van der Waals surface area contributed by atoms with Crippen LogP contribution in [0, 0.1) is 13.8 Å². The normalized spacial score (nSPS) is 24.4. The molecule has 0 aromatic carbocycles. The fourth-order valence-corrected chi connectivity index (χ4v) is 3.25. The zero-order chi connectivity index (χ0) is 16.0. The first-order valence-corrected chi connectivity index (χ1v) is 8.18. The molecule has 1 N–H and O–H groups in total. The van der Waals surface area contributed by atoms with Gasteiger partial charge in [-0.3, -0.25) is 5.10 Å². The highest BCUT2D eigenvalue weighted by Gasteiger charge is 2.38. The summed E-state index contributed by atoms with van der Waals surface area (Å²) in [4.78, 5) is 16.1. The number of ether oxygens (including phenoxy) is 1. The quantitative estimate of drug-likeness (QED) is 0.930. The fourth-order valence-electron chi connectivity index (χ4n) is 3.25. The first-order valence-electron chi connectivity index (χ1n) is 8.18. The molecule has 0 unspecified atom stereocenters. The Morgan fingerprint density at radius 3 is 2.57 bits per heavy atom. The monoisotopic (exact) mass is 314 g/mol. The van der Waals surface area contributed by atoms with Crippen molar-refractivity contribution in [3.8, 4) is 0 Å². The maximum Gasteiger partial charge on any atom is 0.226 e. The molecule has 0 amide bonds. The molecule has 1 aliphatic heterocycles. The minimum atomic E-state index is 0.0844. The summed E-state index contributed by atoms with van der Waals surface area (Å²) in [6, 6.07) is 2.07. The van der Waals surface area contributed by atoms with Gasteiger partial charge in [0.2, 0.25) is 5.95 Å². The lowest BCUT2D eigenvalue weighted by Gasteiger charge is -2.23. The number of anilines is 1. The largest absolute Gasteiger partial charge is 0.380 e. The van der Waals surface area contributed by atoms with Gasteiger partial charge in [-0.2, -0.15) is 5.10 Å². The topological polar surface area (TPSA) is 79.8 Å². The molecule has 3 heterocycles. The second-order valence-electron chi connectivity index (χ2n) is 6.57. The molecule has 23 heavy (non-hydrogen) atoms. The van der Waals surface area contributed by atoms with Crippen molar-refractivity contribution in [2.24, 2.45) is 0 Å². The van der Waals surface area contributed by atoms with E-state index < -0.39 is 0 Å². The second kappa shape index (κ2) is 5.56. The van der Waals surface area contributed by atoms with E-state index in [0.717, 1.165) is 42.0 Å². The molecule has 7 heteroatoms. The van der Waals surface area contributed by atoms with E-state index in [0.29, 0.717) is 5.92 Å². The number of nitrogens with zero attached hydrogens (tertiary/aromatic N) is 5. The highest BCUT2D eigenvalue weighted by molar-refractivity contribution is 5.38. The van der Waals surface area contributed by atoms with Crippen LogP contribution in [0.15, 0.2) is 6.07 Å². The van der Waals surface area contributed by atoms with Crippen molar-refractivity contribution < 1.29 is 4.74 Å². The summed E-state index contributed by atoms with van der Waals surface area (Å²) in [5.41, 5.74) is 1.95. The number of aromatic amines is 1. The Labute approximate surface area is 135 Å². The van der Waals surface area contributed by atoms with Gasteiger partial charge in [0.05, 0.1) is 12.1 Å². The van der Waals surface area contributed by atoms with E-state index in [1.807, 2.05) is 19.9 Å². The highest BCUT2D eigenvalue weighted by atomic mass is 16.5. The van der Waals surface area contributed by atoms with Crippen molar-refractivity contribution >= 4 is 5.95 Å². The van der Waals surface area contributed by atoms with Crippen LogP contribution in [0.5, 0.6) is 0 Å². The molecule has 0 radical (unpaired) electrons. The Hall–Kier alpha value is -2.02. The van der Waals surface area contributed by atoms with Gasteiger partial charge in [-0.1, -0.05) is 0 Å². The number of rotatable bonds is 4. The minimum Gasteiger partial charge on any atom is -0.380 e. The molecule has 122 valence electrons. The number of hydrogen-bond acceptors (Lipinski definition) is 6. The third-order valence-electron chi connectivity index (χ3n) is 4.60. The summed E-state index contributed by atoms with van der Waals surface area (Å²) in [5, 5.41) is 7.52. The van der Waals surface area contributed by atoms with Crippen molar-refractivity contribution in [2.45, 2.75) is 51.2 Å². The molecular weight excluding hydrogens is 292 g/mol. The van der Waals surface area contributed by atoms with Gasteiger partial charge in [0.25, 0.3) is 0 Å². The lowest BCUT2D eigenvalue weighted by molar-refractivity contribution is 0.118. The molecule has 2 aliphatic rings. The Kier molecular flexibility index (Phi) is 3.52. The predicted octanol–water partition coefficient (Wildman–Crippen LogP) is 2.06. The molecule has 0 bridgehead atoms. The lowest BCUT2D eigenvalue weighted by atomic mass is 10.2. The predicted molar refractivity (Wildman–Crippen MR) is 85.4 cm³/mol. The third-order valence-corrected chi connectivity index (χ3v) is 4.60. The maximum absolute atomic E-state index is 5.58. The minimum absolute atomic E-state index is 0.0844. The van der Waals surface area contributed by atoms with Crippen LogP contribution in [0.4, 0.5) is 5.95 Å². The molecule has 0 spiro atoms. The van der Waals surface area contributed by atoms with Crippen LogP contribution in [0.3, 0.4) is 0 Å². The molecule has 2 atom stereocenters. The van der Waals surface area contributed by atoms with Gasteiger partial charge in [-0.15, -0.1) is 0 Å². The summed E-state index contributed by atoms with van der Waals surface area (Å²) >= 11 is 0. The first-order chi connectivity index (χ1) is 11.1. The molecule has 7 nitrogen and oxygen atoms in total. The van der Waals surface area contributed by atoms with E-state index in [2.05, 4.69) is 25.1 Å². The molecule has 4 rings (SSSR count). The average Bonchev–Trinajstić information content (AvgIpc) is 3.10. The van der Waals surface area contributed by atoms with Crippen LogP contribution in [-0.4, -0.2) is 44.9 Å². The van der Waals surface area contributed by atoms with E-state index in [1.165, 1.54) is 12.8 Å². The molecule has 2 fully saturated rings. The van der Waals surface area contributed by atoms with E-state index in [1.54, 1.807) is 7.11 Å². The number of hydrogen-bond donors (Lipinski definition) is 1. The second-order valence-corrected chi connectivity index (χ2v) is 6.57. The van der Waals surface area contributed by atoms with Crippen molar-refractivity contribution in [3.05, 3.63) is 29.1 Å². The zero-order valence-electron chi connectivity index (χ0n) is 13.8. The van der Waals surface area contributed by atoms with Crippen molar-refractivity contribution in [2.75, 3.05) is 18.6 Å². The number of nitrogens with one attached hydrogen (secondary N) is 1. The van der Waals surface area contributed by atoms with Crippen LogP contribution in [0.25, 0.3) is 0 Å². The zero-order valence-corrected chi connectivity index (χ0v) is 13.8. The molecule has 2 aromatic heterocycles. The van der Waals surface area contributed by atoms with Crippen molar-refractivity contribution in [3.63, 3.8) is 0 Å². The van der Waals surface area contributed by atoms with Gasteiger partial charge in [-0.05, 0) is 32.8 Å². The van der Waals surface area contributed by atoms with Crippen molar-refractivity contribution in [1.29, 1.82) is 0 Å². The fraction of sp³-hybridized carbons (Fsp3) is 0.625. The SMILES string of the molecule is CO[C@@H]1C[C@@H](c2nc(C3CC3)n[nH]2)N(c2nc(C)cc(C)n2)C1. The number of aryl methyl sites for hydroxylation is 2. The van der Waals surface area contributed by atoms with Crippen LogP contribution < -0.4 is 4.90 Å². The van der Waals surface area contributed by atoms with Gasteiger partial charge in [0, 0.05) is 37.4 Å². The number of methoxy groups -OCH3 is 1. The Bertz CT molecular complexity index is 690. The summed E-state index contributed by atoms with van der Waals surface area (Å²) in [6.07, 6.45) is 3.42. The molecule has 1 saturated heterocycles. The van der Waals surface area contributed by atoms with E-state index >= 15 is 0 Å². The van der Waals surface area contributed by atoms with Crippen LogP contribution >= 0.6 is 0 Å². The average molecular weight is 314 g/mol. The molecule has 1 saturated carbocycles. The van der Waals surface area contributed by atoms with Gasteiger partial charge in [0.15, 0.2) is 5.82 Å². The molecule has 2 aromatic rings. The Morgan fingerprint density at radius 2 is 1.91 bits per heavy atom. The number of aromatic nitrogens is 5. The van der Waals surface area contributed by atoms with E-state index in [4.69, 9.17) is 9.72 Å². The van der Waals surface area contributed by atoms with Crippen LogP contribution in [0.2, 0.25) is 0 Å². The highest BCUT2D eigenvalue weighted by Crippen LogP contribution is 2.39. The first kappa shape index (κ1) is 14.6. The van der Waals surface area contributed by atoms with Gasteiger partial charge < -0.3 is 9.64 Å². The van der Waals surface area contributed by atoms with E-state index in [9.17, 15) is 0 Å². The van der Waals surface area contributed by atoms with Gasteiger partial charge in [-0.25, -0.2) is 15.0 Å². The standard InChI is InChI=1S/C16H22N6O/c1-9-6-10(2)18-16(17-9)22-8-12(23-3)7-13(22)15-19-14(20-21-15)11-4-5-11/h6,11-13H,4-5,7-8H2,1-3H3,(H,19,20,21)/t12-,13+/m1/s1. The van der Waals surface area contributed by atoms with Crippen LogP contribution in [0.1, 0.15) is 54.3 Å². The lowest BCUT2D eigenvalue weighted by Crippen LogP contribution is -2.27. The van der Waals surface area contributed by atoms with Gasteiger partial charge in [0.1, 0.15) is 5.82 Å². The smallest absolute Gasteiger partial charge is 0.226 e. The summed E-state index contributed by atoms with van der Waals surface area (Å²) in [6.45, 7) is 4.76. The summed E-state index contributed by atoms with van der Waals surface area (Å²) in [7, 11) is 1.75. The van der Waals surface area contributed by atoms with Gasteiger partial charge >= 0.3 is 0 Å². The Morgan fingerprint density at radius 1 is 1.17 bits per heavy atom. The molecule has 1 aliphatic carbocycles. The Balaban J connectivity index is 1.66.